The van der Waals surface area contributed by atoms with Crippen molar-refractivity contribution in [3.05, 3.63) is 23.8 Å². The quantitative estimate of drug-likeness (QED) is 0.639. The number of benzene rings is 1. The van der Waals surface area contributed by atoms with Gasteiger partial charge in [0.15, 0.2) is 5.92 Å². The van der Waals surface area contributed by atoms with Crippen molar-refractivity contribution in [3.63, 3.8) is 0 Å². The van der Waals surface area contributed by atoms with E-state index in [4.69, 9.17) is 15.3 Å². The highest BCUT2D eigenvalue weighted by molar-refractivity contribution is 14.1. The Balaban J connectivity index is 2.34. The molecule has 0 radical (unpaired) electrons. The maximum atomic E-state index is 10.1. The van der Waals surface area contributed by atoms with E-state index in [0.717, 1.165) is 5.69 Å². The molecule has 1 heterocycles. The van der Waals surface area contributed by atoms with Crippen LogP contribution in [0, 0.1) is 28.6 Å². The number of nitriles is 2. The first-order valence-corrected chi connectivity index (χ1v) is 6.70. The zero-order chi connectivity index (χ0) is 14.0. The van der Waals surface area contributed by atoms with Crippen LogP contribution in [0.5, 0.6) is 5.75 Å². The van der Waals surface area contributed by atoms with Gasteiger partial charge in [0.25, 0.3) is 0 Å². The number of ether oxygens (including phenoxy) is 1. The van der Waals surface area contributed by atoms with Crippen molar-refractivity contribution < 1.29 is 9.84 Å². The molecule has 1 aliphatic heterocycles. The lowest BCUT2D eigenvalue weighted by molar-refractivity contribution is 0.0565. The number of halogens is 1. The molecule has 19 heavy (non-hydrogen) atoms. The Morgan fingerprint density at radius 3 is 2.74 bits per heavy atom. The van der Waals surface area contributed by atoms with E-state index in [9.17, 15) is 5.11 Å². The summed E-state index contributed by atoms with van der Waals surface area (Å²) in [6.45, 7) is 0. The van der Waals surface area contributed by atoms with Crippen molar-refractivity contribution >= 4 is 28.6 Å². The molecule has 1 N–H and O–H groups in total. The first kappa shape index (κ1) is 13.9. The van der Waals surface area contributed by atoms with Gasteiger partial charge in [0.1, 0.15) is 11.9 Å². The fourth-order valence-electron chi connectivity index (χ4n) is 2.05. The lowest BCUT2D eigenvalue weighted by Crippen LogP contribution is -2.31. The number of fused-ring (bicyclic) bond motifs is 1. The minimum absolute atomic E-state index is 0.262. The van der Waals surface area contributed by atoms with Crippen LogP contribution in [-0.4, -0.2) is 18.3 Å². The van der Waals surface area contributed by atoms with Crippen LogP contribution in [-0.2, 0) is 0 Å². The van der Waals surface area contributed by atoms with Gasteiger partial charge in [-0.15, -0.1) is 0 Å². The van der Waals surface area contributed by atoms with E-state index in [0.29, 0.717) is 11.3 Å². The molecule has 2 unspecified atom stereocenters. The van der Waals surface area contributed by atoms with Crippen LogP contribution >= 0.6 is 22.9 Å². The van der Waals surface area contributed by atoms with Gasteiger partial charge in [-0.05, 0) is 6.07 Å². The van der Waals surface area contributed by atoms with Gasteiger partial charge in [-0.1, -0.05) is 6.07 Å². The summed E-state index contributed by atoms with van der Waals surface area (Å²) in [6.07, 6.45) is -1.03. The molecule has 5 nitrogen and oxygen atoms in total. The van der Waals surface area contributed by atoms with E-state index < -0.39 is 18.1 Å². The van der Waals surface area contributed by atoms with E-state index in [1.165, 1.54) is 0 Å². The molecule has 2 rings (SSSR count). The molecule has 2 atom stereocenters. The number of aliphatic hydroxyl groups is 1. The molecule has 98 valence electrons. The number of aliphatic hydroxyl groups excluding tert-OH is 1. The summed E-state index contributed by atoms with van der Waals surface area (Å²) in [4.78, 5) is 0. The molecule has 1 aromatic rings. The summed E-state index contributed by atoms with van der Waals surface area (Å²) in [5.74, 6) is -0.330. The highest BCUT2D eigenvalue weighted by Gasteiger charge is 2.33. The lowest BCUT2D eigenvalue weighted by atomic mass is 9.92. The van der Waals surface area contributed by atoms with Crippen LogP contribution in [0.25, 0.3) is 0 Å². The van der Waals surface area contributed by atoms with E-state index in [-0.39, 0.29) is 6.42 Å². The summed E-state index contributed by atoms with van der Waals surface area (Å²) < 4.78 is 7.59. The molecule has 0 spiro atoms. The maximum Gasteiger partial charge on any atom is 0.169 e. The molecule has 0 fully saturated rings. The largest absolute Gasteiger partial charge is 0.487 e. The zero-order valence-corrected chi connectivity index (χ0v) is 12.4. The van der Waals surface area contributed by atoms with Crippen LogP contribution < -0.4 is 7.85 Å². The third kappa shape index (κ3) is 2.75. The Bertz CT molecular complexity index is 548. The van der Waals surface area contributed by atoms with Crippen LogP contribution in [0.15, 0.2) is 18.2 Å². The van der Waals surface area contributed by atoms with Crippen LogP contribution in [0.1, 0.15) is 18.1 Å². The monoisotopic (exact) mass is 369 g/mol. The first-order chi connectivity index (χ1) is 9.06. The Hall–Kier alpha value is -1.51. The molecule has 0 bridgehead atoms. The van der Waals surface area contributed by atoms with Gasteiger partial charge < -0.3 is 13.0 Å². The number of hydrogen-bond acceptors (Lipinski definition) is 5. The average Bonchev–Trinajstić information content (AvgIpc) is 2.39. The predicted octanol–water partition coefficient (Wildman–Crippen LogP) is 2.32. The van der Waals surface area contributed by atoms with Gasteiger partial charge in [-0.2, -0.15) is 10.5 Å². The molecule has 0 amide bonds. The Morgan fingerprint density at radius 2 is 2.16 bits per heavy atom. The maximum absolute atomic E-state index is 10.1. The van der Waals surface area contributed by atoms with E-state index in [1.807, 2.05) is 40.5 Å². The lowest BCUT2D eigenvalue weighted by Gasteiger charge is -2.30. The third-order valence-electron chi connectivity index (χ3n) is 3.10. The average molecular weight is 369 g/mol. The van der Waals surface area contributed by atoms with Gasteiger partial charge in [0.2, 0.25) is 0 Å². The van der Waals surface area contributed by atoms with Crippen molar-refractivity contribution in [2.45, 2.75) is 18.6 Å². The van der Waals surface area contributed by atoms with Crippen LogP contribution in [0.3, 0.4) is 0 Å². The molecular weight excluding hydrogens is 357 g/mol. The third-order valence-corrected chi connectivity index (χ3v) is 3.65. The van der Waals surface area contributed by atoms with E-state index in [1.54, 1.807) is 0 Å². The van der Waals surface area contributed by atoms with Crippen molar-refractivity contribution in [2.24, 2.45) is 5.92 Å². The van der Waals surface area contributed by atoms with Crippen molar-refractivity contribution in [3.8, 4) is 17.9 Å². The normalized spacial score (nSPS) is 20.9. The fourth-order valence-corrected chi connectivity index (χ4v) is 2.35. The highest BCUT2D eigenvalue weighted by Crippen LogP contribution is 2.39. The predicted molar refractivity (Wildman–Crippen MR) is 77.6 cm³/mol. The SMILES string of the molecule is CN(I)c1ccc2c(c1)OC(C(C#N)C#N)CC2O. The molecule has 6 heteroatoms. The Labute approximate surface area is 125 Å². The Morgan fingerprint density at radius 1 is 1.47 bits per heavy atom. The second kappa shape index (κ2) is 5.64. The number of rotatable bonds is 2. The number of anilines is 1. The number of nitrogens with zero attached hydrogens (tertiary/aromatic N) is 3. The Kier molecular flexibility index (Phi) is 4.13. The van der Waals surface area contributed by atoms with Crippen LogP contribution in [0.4, 0.5) is 5.69 Å². The zero-order valence-electron chi connectivity index (χ0n) is 10.2. The van der Waals surface area contributed by atoms with Gasteiger partial charge in [-0.3, -0.25) is 0 Å². The fraction of sp³-hybridized carbons (Fsp3) is 0.385. The molecule has 1 aromatic carbocycles. The topological polar surface area (TPSA) is 80.3 Å². The minimum atomic E-state index is -0.871. The summed E-state index contributed by atoms with van der Waals surface area (Å²) >= 11 is 2.13. The molecule has 0 saturated heterocycles. The smallest absolute Gasteiger partial charge is 0.169 e. The van der Waals surface area contributed by atoms with Gasteiger partial charge in [0, 0.05) is 30.8 Å². The van der Waals surface area contributed by atoms with Crippen molar-refractivity contribution in [1.82, 2.24) is 0 Å². The second-order valence-electron chi connectivity index (χ2n) is 4.34. The van der Waals surface area contributed by atoms with Crippen molar-refractivity contribution in [1.29, 1.82) is 10.5 Å². The standard InChI is InChI=1S/C13H12IN3O2/c1-17(14)9-2-3-10-11(18)5-12(8(6-15)7-16)19-13(10)4-9/h2-4,8,11-12,18H,5H2,1H3. The molecule has 0 aromatic heterocycles. The van der Waals surface area contributed by atoms with Gasteiger partial charge in [0.05, 0.1) is 41.1 Å². The van der Waals surface area contributed by atoms with Crippen molar-refractivity contribution in [2.75, 3.05) is 10.2 Å². The first-order valence-electron chi connectivity index (χ1n) is 5.74. The molecule has 0 aliphatic carbocycles. The number of hydrogen-bond donors (Lipinski definition) is 1. The minimum Gasteiger partial charge on any atom is -0.487 e. The van der Waals surface area contributed by atoms with E-state index in [2.05, 4.69) is 22.9 Å². The summed E-state index contributed by atoms with van der Waals surface area (Å²) in [7, 11) is 1.90. The second-order valence-corrected chi connectivity index (χ2v) is 5.79. The van der Waals surface area contributed by atoms with Gasteiger partial charge in [-0.25, -0.2) is 0 Å². The summed E-state index contributed by atoms with van der Waals surface area (Å²) in [6, 6.07) is 9.32. The molecule has 1 aliphatic rings. The summed E-state index contributed by atoms with van der Waals surface area (Å²) in [5.41, 5.74) is 1.63. The van der Waals surface area contributed by atoms with E-state index >= 15 is 0 Å². The summed E-state index contributed by atoms with van der Waals surface area (Å²) in [5, 5.41) is 27.9. The highest BCUT2D eigenvalue weighted by atomic mass is 127. The van der Waals surface area contributed by atoms with Gasteiger partial charge >= 0.3 is 0 Å². The molecular formula is C13H12IN3O2. The molecule has 0 saturated carbocycles. The van der Waals surface area contributed by atoms with Crippen LogP contribution in [0.2, 0.25) is 0 Å².